The summed E-state index contributed by atoms with van der Waals surface area (Å²) in [5.74, 6) is 0. The number of nitrogens with zero attached hydrogens (tertiary/aromatic N) is 2. The van der Waals surface area contributed by atoms with Crippen molar-refractivity contribution < 1.29 is 4.74 Å². The number of hydrogen-bond donors (Lipinski definition) is 1. The standard InChI is InChI=1S/C9H15N3O/c1-7-9(3-4-13-7)11-8-5-10-12(2)6-8/h5-7,9,11H,3-4H2,1-2H3/t7-,9-/m0/s1. The summed E-state index contributed by atoms with van der Waals surface area (Å²) in [5, 5.41) is 7.50. The van der Waals surface area contributed by atoms with Gasteiger partial charge in [-0.05, 0) is 13.3 Å². The summed E-state index contributed by atoms with van der Waals surface area (Å²) in [7, 11) is 1.92. The van der Waals surface area contributed by atoms with E-state index in [1.165, 1.54) is 0 Å². The largest absolute Gasteiger partial charge is 0.377 e. The Kier molecular flexibility index (Phi) is 2.22. The zero-order valence-electron chi connectivity index (χ0n) is 8.03. The van der Waals surface area contributed by atoms with Gasteiger partial charge in [-0.1, -0.05) is 0 Å². The molecule has 2 rings (SSSR count). The quantitative estimate of drug-likeness (QED) is 0.740. The second-order valence-electron chi connectivity index (χ2n) is 3.52. The van der Waals surface area contributed by atoms with Crippen LogP contribution in [-0.4, -0.2) is 28.5 Å². The predicted octanol–water partition coefficient (Wildman–Crippen LogP) is 1.01. The Bertz CT molecular complexity index is 284. The maximum absolute atomic E-state index is 5.45. The molecule has 1 N–H and O–H groups in total. The fourth-order valence-electron chi connectivity index (χ4n) is 1.63. The zero-order chi connectivity index (χ0) is 9.26. The fraction of sp³-hybridized carbons (Fsp3) is 0.667. The van der Waals surface area contributed by atoms with Gasteiger partial charge in [-0.25, -0.2) is 0 Å². The van der Waals surface area contributed by atoms with Gasteiger partial charge in [0.25, 0.3) is 0 Å². The highest BCUT2D eigenvalue weighted by molar-refractivity contribution is 5.39. The molecule has 1 aliphatic rings. The van der Waals surface area contributed by atoms with Crippen molar-refractivity contribution in [2.45, 2.75) is 25.5 Å². The highest BCUT2D eigenvalue weighted by atomic mass is 16.5. The lowest BCUT2D eigenvalue weighted by atomic mass is 10.1. The van der Waals surface area contributed by atoms with Crippen molar-refractivity contribution in [2.24, 2.45) is 7.05 Å². The first-order valence-corrected chi connectivity index (χ1v) is 4.62. The highest BCUT2D eigenvalue weighted by Gasteiger charge is 2.23. The van der Waals surface area contributed by atoms with Crippen molar-refractivity contribution >= 4 is 5.69 Å². The summed E-state index contributed by atoms with van der Waals surface area (Å²) in [5.41, 5.74) is 1.07. The van der Waals surface area contributed by atoms with Crippen molar-refractivity contribution in [1.29, 1.82) is 0 Å². The Balaban J connectivity index is 1.97. The SMILES string of the molecule is C[C@@H]1OCC[C@@H]1Nc1cnn(C)c1. The Morgan fingerprint density at radius 3 is 3.08 bits per heavy atom. The maximum atomic E-state index is 5.45. The topological polar surface area (TPSA) is 39.1 Å². The average molecular weight is 181 g/mol. The summed E-state index contributed by atoms with van der Waals surface area (Å²) in [6.45, 7) is 2.96. The average Bonchev–Trinajstić information content (AvgIpc) is 2.64. The molecule has 0 saturated carbocycles. The van der Waals surface area contributed by atoms with Gasteiger partial charge >= 0.3 is 0 Å². The fourth-order valence-corrected chi connectivity index (χ4v) is 1.63. The van der Waals surface area contributed by atoms with Crippen LogP contribution in [0.4, 0.5) is 5.69 Å². The minimum Gasteiger partial charge on any atom is -0.377 e. The molecular formula is C9H15N3O. The van der Waals surface area contributed by atoms with E-state index in [9.17, 15) is 0 Å². The Labute approximate surface area is 77.9 Å². The van der Waals surface area contributed by atoms with Crippen LogP contribution in [0.25, 0.3) is 0 Å². The summed E-state index contributed by atoms with van der Waals surface area (Å²) >= 11 is 0. The van der Waals surface area contributed by atoms with Crippen molar-refractivity contribution in [3.8, 4) is 0 Å². The third-order valence-corrected chi connectivity index (χ3v) is 2.43. The third-order valence-electron chi connectivity index (χ3n) is 2.43. The molecule has 0 spiro atoms. The van der Waals surface area contributed by atoms with E-state index in [-0.39, 0.29) is 0 Å². The van der Waals surface area contributed by atoms with Gasteiger partial charge in [0.2, 0.25) is 0 Å². The van der Waals surface area contributed by atoms with Crippen LogP contribution in [-0.2, 0) is 11.8 Å². The summed E-state index contributed by atoms with van der Waals surface area (Å²) < 4.78 is 7.25. The van der Waals surface area contributed by atoms with E-state index in [2.05, 4.69) is 17.3 Å². The van der Waals surface area contributed by atoms with E-state index in [1.54, 1.807) is 4.68 Å². The van der Waals surface area contributed by atoms with Crippen molar-refractivity contribution in [1.82, 2.24) is 9.78 Å². The second-order valence-corrected chi connectivity index (χ2v) is 3.52. The summed E-state index contributed by atoms with van der Waals surface area (Å²) in [4.78, 5) is 0. The van der Waals surface area contributed by atoms with Gasteiger partial charge in [-0.15, -0.1) is 0 Å². The minimum absolute atomic E-state index is 0.306. The molecule has 1 aliphatic heterocycles. The highest BCUT2D eigenvalue weighted by Crippen LogP contribution is 2.17. The first kappa shape index (κ1) is 8.56. The number of ether oxygens (including phenoxy) is 1. The lowest BCUT2D eigenvalue weighted by Crippen LogP contribution is -2.26. The lowest BCUT2D eigenvalue weighted by Gasteiger charge is -2.15. The third kappa shape index (κ3) is 1.83. The number of aryl methyl sites for hydroxylation is 1. The van der Waals surface area contributed by atoms with E-state index in [0.717, 1.165) is 18.7 Å². The zero-order valence-corrected chi connectivity index (χ0v) is 8.03. The van der Waals surface area contributed by atoms with Gasteiger partial charge in [-0.3, -0.25) is 4.68 Å². The maximum Gasteiger partial charge on any atom is 0.0748 e. The summed E-state index contributed by atoms with van der Waals surface area (Å²) in [6.07, 6.45) is 5.20. The monoisotopic (exact) mass is 181 g/mol. The number of anilines is 1. The molecular weight excluding hydrogens is 166 g/mol. The van der Waals surface area contributed by atoms with Crippen LogP contribution < -0.4 is 5.32 Å². The smallest absolute Gasteiger partial charge is 0.0748 e. The molecule has 1 aromatic heterocycles. The minimum atomic E-state index is 0.306. The number of rotatable bonds is 2. The van der Waals surface area contributed by atoms with Crippen LogP contribution in [0.5, 0.6) is 0 Å². The molecule has 0 bridgehead atoms. The second kappa shape index (κ2) is 3.38. The van der Waals surface area contributed by atoms with Crippen LogP contribution in [0.1, 0.15) is 13.3 Å². The van der Waals surface area contributed by atoms with Crippen LogP contribution in [0.3, 0.4) is 0 Å². The van der Waals surface area contributed by atoms with Crippen molar-refractivity contribution in [2.75, 3.05) is 11.9 Å². The Hall–Kier alpha value is -1.03. The van der Waals surface area contributed by atoms with Crippen LogP contribution in [0.2, 0.25) is 0 Å². The lowest BCUT2D eigenvalue weighted by molar-refractivity contribution is 0.121. The van der Waals surface area contributed by atoms with Crippen molar-refractivity contribution in [3.05, 3.63) is 12.4 Å². The van der Waals surface area contributed by atoms with Crippen molar-refractivity contribution in [3.63, 3.8) is 0 Å². The van der Waals surface area contributed by atoms with Gasteiger partial charge in [0, 0.05) is 19.9 Å². The van der Waals surface area contributed by atoms with E-state index in [4.69, 9.17) is 4.74 Å². The molecule has 13 heavy (non-hydrogen) atoms. The predicted molar refractivity (Wildman–Crippen MR) is 50.6 cm³/mol. The molecule has 1 fully saturated rings. The molecule has 1 saturated heterocycles. The first-order chi connectivity index (χ1) is 6.25. The number of aromatic nitrogens is 2. The molecule has 4 heteroatoms. The van der Waals surface area contributed by atoms with Gasteiger partial charge in [0.1, 0.15) is 0 Å². The molecule has 0 aromatic carbocycles. The van der Waals surface area contributed by atoms with Crippen LogP contribution in [0, 0.1) is 0 Å². The number of nitrogens with one attached hydrogen (secondary N) is 1. The van der Waals surface area contributed by atoms with E-state index >= 15 is 0 Å². The van der Waals surface area contributed by atoms with E-state index in [1.807, 2.05) is 19.4 Å². The number of hydrogen-bond acceptors (Lipinski definition) is 3. The molecule has 2 atom stereocenters. The summed E-state index contributed by atoms with van der Waals surface area (Å²) in [6, 6.07) is 0.434. The molecule has 1 aromatic rings. The van der Waals surface area contributed by atoms with Crippen LogP contribution >= 0.6 is 0 Å². The van der Waals surface area contributed by atoms with E-state index < -0.39 is 0 Å². The molecule has 0 radical (unpaired) electrons. The first-order valence-electron chi connectivity index (χ1n) is 4.62. The Morgan fingerprint density at radius 1 is 1.69 bits per heavy atom. The van der Waals surface area contributed by atoms with Gasteiger partial charge in [-0.2, -0.15) is 5.10 Å². The molecule has 0 aliphatic carbocycles. The molecule has 72 valence electrons. The van der Waals surface area contributed by atoms with Gasteiger partial charge in [0.05, 0.1) is 24.0 Å². The molecule has 2 heterocycles. The molecule has 0 amide bonds. The molecule has 4 nitrogen and oxygen atoms in total. The molecule has 0 unspecified atom stereocenters. The normalized spacial score (nSPS) is 27.8. The van der Waals surface area contributed by atoms with Gasteiger partial charge < -0.3 is 10.1 Å². The van der Waals surface area contributed by atoms with E-state index in [0.29, 0.717) is 12.1 Å². The van der Waals surface area contributed by atoms with Gasteiger partial charge in [0.15, 0.2) is 0 Å². The Morgan fingerprint density at radius 2 is 2.54 bits per heavy atom. The van der Waals surface area contributed by atoms with Crippen LogP contribution in [0.15, 0.2) is 12.4 Å².